The average Bonchev–Trinajstić information content (AvgIpc) is 2.42. The SMILES string of the molecule is CCc1ccc(C(=O)O)cc1S(=O)(=O)NCCCSC. The fourth-order valence-corrected chi connectivity index (χ4v) is 3.57. The Morgan fingerprint density at radius 3 is 2.65 bits per heavy atom. The molecule has 0 aromatic heterocycles. The number of thioether (sulfide) groups is 1. The predicted molar refractivity (Wildman–Crippen MR) is 81.0 cm³/mol. The highest BCUT2D eigenvalue weighted by atomic mass is 32.2. The summed E-state index contributed by atoms with van der Waals surface area (Å²) < 4.78 is 27.0. The van der Waals surface area contributed by atoms with Crippen molar-refractivity contribution in [3.05, 3.63) is 29.3 Å². The Morgan fingerprint density at radius 2 is 2.10 bits per heavy atom. The van der Waals surface area contributed by atoms with Crippen molar-refractivity contribution in [1.29, 1.82) is 0 Å². The van der Waals surface area contributed by atoms with E-state index in [0.29, 0.717) is 18.5 Å². The zero-order valence-corrected chi connectivity index (χ0v) is 13.2. The molecule has 0 spiro atoms. The summed E-state index contributed by atoms with van der Waals surface area (Å²) in [5, 5.41) is 8.97. The smallest absolute Gasteiger partial charge is 0.335 e. The van der Waals surface area contributed by atoms with Gasteiger partial charge in [-0.2, -0.15) is 11.8 Å². The maximum absolute atomic E-state index is 12.2. The molecule has 1 rings (SSSR count). The van der Waals surface area contributed by atoms with Gasteiger partial charge in [0.15, 0.2) is 0 Å². The van der Waals surface area contributed by atoms with E-state index < -0.39 is 16.0 Å². The lowest BCUT2D eigenvalue weighted by atomic mass is 10.1. The molecule has 7 heteroatoms. The first-order chi connectivity index (χ1) is 9.42. The van der Waals surface area contributed by atoms with E-state index in [1.807, 2.05) is 13.2 Å². The van der Waals surface area contributed by atoms with Crippen LogP contribution in [0, 0.1) is 0 Å². The molecule has 0 fully saturated rings. The monoisotopic (exact) mass is 317 g/mol. The Labute approximate surface area is 123 Å². The molecule has 5 nitrogen and oxygen atoms in total. The van der Waals surface area contributed by atoms with Crippen LogP contribution in [-0.4, -0.2) is 38.0 Å². The Morgan fingerprint density at radius 1 is 1.40 bits per heavy atom. The second-order valence-electron chi connectivity index (χ2n) is 4.23. The van der Waals surface area contributed by atoms with Crippen LogP contribution in [-0.2, 0) is 16.4 Å². The van der Waals surface area contributed by atoms with Crippen LogP contribution in [0.3, 0.4) is 0 Å². The van der Waals surface area contributed by atoms with Crippen LogP contribution in [0.2, 0.25) is 0 Å². The molecule has 0 radical (unpaired) electrons. The minimum absolute atomic E-state index is 0.0216. The Bertz CT molecular complexity index is 570. The Balaban J connectivity index is 3.02. The lowest BCUT2D eigenvalue weighted by Gasteiger charge is -2.11. The molecule has 112 valence electrons. The Kier molecular flexibility index (Phi) is 6.51. The van der Waals surface area contributed by atoms with Crippen LogP contribution in [0.25, 0.3) is 0 Å². The van der Waals surface area contributed by atoms with Gasteiger partial charge >= 0.3 is 5.97 Å². The topological polar surface area (TPSA) is 83.5 Å². The second-order valence-corrected chi connectivity index (χ2v) is 6.95. The molecule has 0 heterocycles. The molecule has 0 saturated carbocycles. The van der Waals surface area contributed by atoms with Crippen LogP contribution in [0.4, 0.5) is 0 Å². The molecule has 20 heavy (non-hydrogen) atoms. The van der Waals surface area contributed by atoms with Gasteiger partial charge in [-0.1, -0.05) is 13.0 Å². The van der Waals surface area contributed by atoms with Gasteiger partial charge in [0.1, 0.15) is 0 Å². The fourth-order valence-electron chi connectivity index (χ4n) is 1.73. The number of sulfonamides is 1. The number of carboxylic acids is 1. The second kappa shape index (κ2) is 7.66. The van der Waals surface area contributed by atoms with E-state index in [9.17, 15) is 13.2 Å². The molecule has 0 aliphatic carbocycles. The Hall–Kier alpha value is -1.05. The number of hydrogen-bond acceptors (Lipinski definition) is 4. The number of aromatic carboxylic acids is 1. The van der Waals surface area contributed by atoms with Crippen molar-refractivity contribution in [1.82, 2.24) is 4.72 Å². The van der Waals surface area contributed by atoms with Gasteiger partial charge in [0.2, 0.25) is 10.0 Å². The van der Waals surface area contributed by atoms with Gasteiger partial charge in [0.25, 0.3) is 0 Å². The number of rotatable bonds is 8. The van der Waals surface area contributed by atoms with E-state index in [4.69, 9.17) is 5.11 Å². The summed E-state index contributed by atoms with van der Waals surface area (Å²) >= 11 is 1.65. The standard InChI is InChI=1S/C13H19NO4S2/c1-3-10-5-6-11(13(15)16)9-12(10)20(17,18)14-7-4-8-19-2/h5-6,9,14H,3-4,7-8H2,1-2H3,(H,15,16). The maximum atomic E-state index is 12.2. The fraction of sp³-hybridized carbons (Fsp3) is 0.462. The summed E-state index contributed by atoms with van der Waals surface area (Å²) in [5.41, 5.74) is 0.596. The molecule has 0 saturated heterocycles. The molecule has 0 amide bonds. The number of carbonyl (C=O) groups is 1. The minimum atomic E-state index is -3.66. The summed E-state index contributed by atoms with van der Waals surface area (Å²) in [6.07, 6.45) is 3.22. The third kappa shape index (κ3) is 4.50. The van der Waals surface area contributed by atoms with Crippen molar-refractivity contribution in [2.24, 2.45) is 0 Å². The molecular weight excluding hydrogens is 298 g/mol. The molecule has 0 atom stereocenters. The zero-order valence-electron chi connectivity index (χ0n) is 11.5. The molecule has 0 aliphatic rings. The van der Waals surface area contributed by atoms with Crippen LogP contribution < -0.4 is 4.72 Å². The first kappa shape index (κ1) is 17.0. The first-order valence-corrected chi connectivity index (χ1v) is 9.15. The van der Waals surface area contributed by atoms with E-state index in [1.54, 1.807) is 17.8 Å². The number of nitrogens with one attached hydrogen (secondary N) is 1. The third-order valence-corrected chi connectivity index (χ3v) is 5.04. The van der Waals surface area contributed by atoms with E-state index >= 15 is 0 Å². The van der Waals surface area contributed by atoms with Crippen molar-refractivity contribution in [3.63, 3.8) is 0 Å². The van der Waals surface area contributed by atoms with Gasteiger partial charge in [0.05, 0.1) is 10.5 Å². The van der Waals surface area contributed by atoms with Crippen molar-refractivity contribution in [2.45, 2.75) is 24.7 Å². The number of carboxylic acid groups (broad SMARTS) is 1. The van der Waals surface area contributed by atoms with Crippen molar-refractivity contribution in [2.75, 3.05) is 18.6 Å². The van der Waals surface area contributed by atoms with Crippen LogP contribution in [0.15, 0.2) is 23.1 Å². The zero-order chi connectivity index (χ0) is 15.2. The minimum Gasteiger partial charge on any atom is -0.478 e. The number of benzene rings is 1. The van der Waals surface area contributed by atoms with Gasteiger partial charge in [-0.3, -0.25) is 0 Å². The van der Waals surface area contributed by atoms with E-state index in [1.165, 1.54) is 12.1 Å². The van der Waals surface area contributed by atoms with Gasteiger partial charge < -0.3 is 5.11 Å². The molecule has 0 bridgehead atoms. The maximum Gasteiger partial charge on any atom is 0.335 e. The molecular formula is C13H19NO4S2. The van der Waals surface area contributed by atoms with Gasteiger partial charge in [-0.15, -0.1) is 0 Å². The largest absolute Gasteiger partial charge is 0.478 e. The van der Waals surface area contributed by atoms with Crippen molar-refractivity contribution < 1.29 is 18.3 Å². The van der Waals surface area contributed by atoms with Gasteiger partial charge in [0, 0.05) is 6.54 Å². The highest BCUT2D eigenvalue weighted by Crippen LogP contribution is 2.18. The number of aryl methyl sites for hydroxylation is 1. The molecule has 1 aromatic rings. The van der Waals surface area contributed by atoms with Crippen LogP contribution in [0.1, 0.15) is 29.3 Å². The quantitative estimate of drug-likeness (QED) is 0.716. The van der Waals surface area contributed by atoms with E-state index in [-0.39, 0.29) is 10.5 Å². The van der Waals surface area contributed by atoms with E-state index in [0.717, 1.165) is 12.2 Å². The molecule has 0 aliphatic heterocycles. The highest BCUT2D eigenvalue weighted by Gasteiger charge is 2.19. The summed E-state index contributed by atoms with van der Waals surface area (Å²) in [6.45, 7) is 2.19. The third-order valence-electron chi connectivity index (χ3n) is 2.80. The van der Waals surface area contributed by atoms with Crippen molar-refractivity contribution >= 4 is 27.8 Å². The summed E-state index contributed by atoms with van der Waals surface area (Å²) in [5.74, 6) is -0.260. The average molecular weight is 317 g/mol. The first-order valence-electron chi connectivity index (χ1n) is 6.27. The summed E-state index contributed by atoms with van der Waals surface area (Å²) in [7, 11) is -3.66. The highest BCUT2D eigenvalue weighted by molar-refractivity contribution is 7.98. The number of hydrogen-bond donors (Lipinski definition) is 2. The van der Waals surface area contributed by atoms with Crippen molar-refractivity contribution in [3.8, 4) is 0 Å². The summed E-state index contributed by atoms with van der Waals surface area (Å²) in [4.78, 5) is 11.0. The normalized spacial score (nSPS) is 11.5. The van der Waals surface area contributed by atoms with Crippen LogP contribution in [0.5, 0.6) is 0 Å². The van der Waals surface area contributed by atoms with Crippen LogP contribution >= 0.6 is 11.8 Å². The predicted octanol–water partition coefficient (Wildman–Crippen LogP) is 1.98. The molecule has 0 unspecified atom stereocenters. The molecule has 2 N–H and O–H groups in total. The van der Waals surface area contributed by atoms with E-state index in [2.05, 4.69) is 4.72 Å². The summed E-state index contributed by atoms with van der Waals surface area (Å²) in [6, 6.07) is 4.20. The van der Waals surface area contributed by atoms with Gasteiger partial charge in [-0.25, -0.2) is 17.9 Å². The van der Waals surface area contributed by atoms with Gasteiger partial charge in [-0.05, 0) is 42.5 Å². The lowest BCUT2D eigenvalue weighted by molar-refractivity contribution is 0.0696. The molecule has 1 aromatic carbocycles. The lowest BCUT2D eigenvalue weighted by Crippen LogP contribution is -2.26.